The fourth-order valence-electron chi connectivity index (χ4n) is 6.18. The highest BCUT2D eigenvalue weighted by Gasteiger charge is 2.26. The number of phenolic OH excluding ortho intramolecular Hbond substituents is 2. The van der Waals surface area contributed by atoms with Gasteiger partial charge in [0, 0.05) is 51.0 Å². The van der Waals surface area contributed by atoms with E-state index in [2.05, 4.69) is 9.97 Å². The molecule has 2 heterocycles. The summed E-state index contributed by atoms with van der Waals surface area (Å²) < 4.78 is 36.0. The number of benzene rings is 6. The van der Waals surface area contributed by atoms with Gasteiger partial charge in [-0.1, -0.05) is 24.3 Å². The van der Waals surface area contributed by atoms with E-state index in [0.717, 1.165) is 22.2 Å². The van der Waals surface area contributed by atoms with Gasteiger partial charge < -0.3 is 38.0 Å². The third-order valence-corrected chi connectivity index (χ3v) is 8.67. The van der Waals surface area contributed by atoms with Crippen LogP contribution in [-0.4, -0.2) is 37.5 Å². The molecular weight excluding hydrogens is 713 g/mol. The molecule has 0 aliphatic rings. The Balaban J connectivity index is 0.882. The molecule has 2 N–H and O–H groups in total. The number of carbonyl (C=O) groups excluding carboxylic acids is 1. The summed E-state index contributed by atoms with van der Waals surface area (Å²) in [5.74, 6) is -0.953. The Labute approximate surface area is 321 Å². The number of para-hydroxylation sites is 4. The number of aromatic hydroxyl groups is 2. The lowest BCUT2D eigenvalue weighted by Gasteiger charge is -2.28. The number of oxazole rings is 2. The standard InChI is InChI=1S/C45H36N2O9/c1-44(2,53-29-17-13-27(14-18-29)42-46-35-9-5-7-11-39(35)51-42)55-31-21-23-33(37(48)25-31)41(50)34-24-22-32(26-38(34)49)56-45(3,4)54-30-19-15-28(16-20-30)43-47-36-10-6-8-12-40(36)52-43/h5-26,48-49H,1-4H3. The highest BCUT2D eigenvalue weighted by molar-refractivity contribution is 6.12. The molecule has 0 aliphatic heterocycles. The maximum atomic E-state index is 13.5. The summed E-state index contributed by atoms with van der Waals surface area (Å²) in [6.07, 6.45) is 0. The topological polar surface area (TPSA) is 147 Å². The fourth-order valence-corrected chi connectivity index (χ4v) is 6.18. The Kier molecular flexibility index (Phi) is 9.05. The zero-order chi connectivity index (χ0) is 39.0. The maximum Gasteiger partial charge on any atom is 0.245 e. The molecule has 280 valence electrons. The molecule has 2 aromatic heterocycles. The van der Waals surface area contributed by atoms with E-state index in [0.29, 0.717) is 34.4 Å². The minimum atomic E-state index is -1.15. The van der Waals surface area contributed by atoms with E-state index in [1.165, 1.54) is 24.3 Å². The van der Waals surface area contributed by atoms with Crippen molar-refractivity contribution in [2.75, 3.05) is 0 Å². The van der Waals surface area contributed by atoms with Gasteiger partial charge >= 0.3 is 0 Å². The van der Waals surface area contributed by atoms with Crippen LogP contribution in [0.1, 0.15) is 43.6 Å². The van der Waals surface area contributed by atoms with Crippen molar-refractivity contribution in [1.29, 1.82) is 0 Å². The predicted molar refractivity (Wildman–Crippen MR) is 209 cm³/mol. The first-order chi connectivity index (χ1) is 26.9. The Hall–Kier alpha value is -7.27. The van der Waals surface area contributed by atoms with Crippen molar-refractivity contribution < 1.29 is 42.8 Å². The highest BCUT2D eigenvalue weighted by Crippen LogP contribution is 2.35. The number of rotatable bonds is 12. The second-order valence-corrected chi connectivity index (χ2v) is 13.9. The van der Waals surface area contributed by atoms with Gasteiger partial charge in [-0.15, -0.1) is 0 Å². The van der Waals surface area contributed by atoms with E-state index in [1.807, 2.05) is 72.8 Å². The molecule has 8 rings (SSSR count). The van der Waals surface area contributed by atoms with Crippen LogP contribution in [0.2, 0.25) is 0 Å². The van der Waals surface area contributed by atoms with Gasteiger partial charge in [0.1, 0.15) is 45.5 Å². The average molecular weight is 749 g/mol. The first kappa shape index (κ1) is 35.7. The van der Waals surface area contributed by atoms with Crippen LogP contribution in [-0.2, 0) is 0 Å². The highest BCUT2D eigenvalue weighted by atomic mass is 16.7. The Morgan fingerprint density at radius 3 is 1.23 bits per heavy atom. The average Bonchev–Trinajstić information content (AvgIpc) is 3.80. The summed E-state index contributed by atoms with van der Waals surface area (Å²) in [6, 6.07) is 38.2. The van der Waals surface area contributed by atoms with E-state index in [4.69, 9.17) is 27.8 Å². The van der Waals surface area contributed by atoms with Gasteiger partial charge in [-0.2, -0.15) is 0 Å². The molecule has 0 saturated heterocycles. The molecule has 0 unspecified atom stereocenters. The number of hydrogen-bond donors (Lipinski definition) is 2. The third-order valence-electron chi connectivity index (χ3n) is 8.67. The van der Waals surface area contributed by atoms with Crippen molar-refractivity contribution in [3.63, 3.8) is 0 Å². The molecule has 0 spiro atoms. The number of fused-ring (bicyclic) bond motifs is 2. The van der Waals surface area contributed by atoms with Gasteiger partial charge in [0.15, 0.2) is 16.9 Å². The summed E-state index contributed by atoms with van der Waals surface area (Å²) in [5.41, 5.74) is 4.49. The minimum absolute atomic E-state index is 0.0280. The number of ketones is 1. The van der Waals surface area contributed by atoms with Crippen LogP contribution in [0.4, 0.5) is 0 Å². The van der Waals surface area contributed by atoms with Crippen molar-refractivity contribution >= 4 is 28.0 Å². The summed E-state index contributed by atoms with van der Waals surface area (Å²) in [5, 5.41) is 21.7. The van der Waals surface area contributed by atoms with Gasteiger partial charge in [-0.25, -0.2) is 9.97 Å². The van der Waals surface area contributed by atoms with E-state index in [9.17, 15) is 15.0 Å². The minimum Gasteiger partial charge on any atom is -0.507 e. The quantitative estimate of drug-likeness (QED) is 0.0909. The van der Waals surface area contributed by atoms with Crippen LogP contribution in [0.5, 0.6) is 34.5 Å². The molecule has 6 aromatic carbocycles. The number of carbonyl (C=O) groups is 1. The van der Waals surface area contributed by atoms with Crippen molar-refractivity contribution in [3.05, 3.63) is 145 Å². The summed E-state index contributed by atoms with van der Waals surface area (Å²) in [7, 11) is 0. The molecule has 11 nitrogen and oxygen atoms in total. The summed E-state index contributed by atoms with van der Waals surface area (Å²) in [4.78, 5) is 22.5. The largest absolute Gasteiger partial charge is 0.507 e. The van der Waals surface area contributed by atoms with Crippen molar-refractivity contribution in [2.24, 2.45) is 0 Å². The summed E-state index contributed by atoms with van der Waals surface area (Å²) in [6.45, 7) is 6.90. The van der Waals surface area contributed by atoms with Crippen LogP contribution < -0.4 is 18.9 Å². The number of aromatic nitrogens is 2. The Morgan fingerprint density at radius 2 is 0.857 bits per heavy atom. The first-order valence-electron chi connectivity index (χ1n) is 17.8. The lowest BCUT2D eigenvalue weighted by Crippen LogP contribution is -2.35. The molecule has 8 aromatic rings. The van der Waals surface area contributed by atoms with Crippen LogP contribution in [0.25, 0.3) is 45.1 Å². The van der Waals surface area contributed by atoms with Gasteiger partial charge in [0.2, 0.25) is 23.4 Å². The van der Waals surface area contributed by atoms with Crippen LogP contribution in [0.3, 0.4) is 0 Å². The summed E-state index contributed by atoms with van der Waals surface area (Å²) >= 11 is 0. The molecule has 0 amide bonds. The van der Waals surface area contributed by atoms with Gasteiger partial charge in [0.05, 0.1) is 11.1 Å². The second kappa shape index (κ2) is 14.2. The SMILES string of the molecule is CC(C)(Oc1ccc(-c2nc3ccccc3o2)cc1)Oc1ccc(C(=O)c2ccc(OC(C)(C)Oc3ccc(-c4nc5ccccc5o4)cc3)cc2O)c(O)c1. The molecule has 0 aliphatic carbocycles. The van der Waals surface area contributed by atoms with E-state index >= 15 is 0 Å². The molecule has 0 atom stereocenters. The molecule has 0 bridgehead atoms. The molecule has 0 fully saturated rings. The van der Waals surface area contributed by atoms with Crippen LogP contribution in [0, 0.1) is 0 Å². The lowest BCUT2D eigenvalue weighted by molar-refractivity contribution is -0.0816. The monoisotopic (exact) mass is 748 g/mol. The Morgan fingerprint density at radius 1 is 0.500 bits per heavy atom. The van der Waals surface area contributed by atoms with Crippen LogP contribution >= 0.6 is 0 Å². The first-order valence-corrected chi connectivity index (χ1v) is 17.8. The molecular formula is C45H36N2O9. The number of nitrogens with zero attached hydrogens (tertiary/aromatic N) is 2. The zero-order valence-electron chi connectivity index (χ0n) is 30.8. The third kappa shape index (κ3) is 7.69. The smallest absolute Gasteiger partial charge is 0.245 e. The second-order valence-electron chi connectivity index (χ2n) is 13.9. The van der Waals surface area contributed by atoms with Gasteiger partial charge in [-0.05, 0) is 97.1 Å². The number of ether oxygens (including phenoxy) is 4. The zero-order valence-corrected chi connectivity index (χ0v) is 30.8. The van der Waals surface area contributed by atoms with Crippen molar-refractivity contribution in [1.82, 2.24) is 9.97 Å². The van der Waals surface area contributed by atoms with Crippen molar-refractivity contribution in [2.45, 2.75) is 39.3 Å². The molecule has 11 heteroatoms. The lowest BCUT2D eigenvalue weighted by atomic mass is 10.0. The Bertz CT molecular complexity index is 2440. The number of hydrogen-bond acceptors (Lipinski definition) is 11. The fraction of sp³-hybridized carbons (Fsp3) is 0.133. The molecule has 56 heavy (non-hydrogen) atoms. The molecule has 0 radical (unpaired) electrons. The number of phenols is 2. The van der Waals surface area contributed by atoms with Gasteiger partial charge in [0.25, 0.3) is 0 Å². The van der Waals surface area contributed by atoms with E-state index in [-0.39, 0.29) is 34.1 Å². The van der Waals surface area contributed by atoms with Crippen molar-refractivity contribution in [3.8, 4) is 57.4 Å². The maximum absolute atomic E-state index is 13.5. The van der Waals surface area contributed by atoms with Gasteiger partial charge in [-0.3, -0.25) is 4.79 Å². The normalized spacial score (nSPS) is 11.8. The van der Waals surface area contributed by atoms with Crippen LogP contribution in [0.15, 0.2) is 142 Å². The molecule has 0 saturated carbocycles. The predicted octanol–water partition coefficient (Wildman–Crippen LogP) is 10.3. The van der Waals surface area contributed by atoms with E-state index in [1.54, 1.807) is 64.1 Å². The van der Waals surface area contributed by atoms with E-state index < -0.39 is 17.4 Å².